The zero-order valence-electron chi connectivity index (χ0n) is 23.4. The number of amides is 2. The number of nitrogens with one attached hydrogen (secondary N) is 1. The van der Waals surface area contributed by atoms with Gasteiger partial charge >= 0.3 is 6.03 Å². The number of allylic oxidation sites excluding steroid dienone is 1. The zero-order chi connectivity index (χ0) is 26.1. The van der Waals surface area contributed by atoms with Gasteiger partial charge in [0.05, 0.1) is 0 Å². The van der Waals surface area contributed by atoms with E-state index in [-0.39, 0.29) is 56.5 Å². The Bertz CT molecular complexity index is 517. The van der Waals surface area contributed by atoms with Crippen molar-refractivity contribution in [1.29, 1.82) is 0 Å². The molecule has 3 saturated heterocycles. The van der Waals surface area contributed by atoms with Gasteiger partial charge in [0.25, 0.3) is 0 Å². The number of halogens is 2. The molecule has 0 aromatic rings. The first-order chi connectivity index (χ1) is 16.2. The Hall–Kier alpha value is 1.50. The summed E-state index contributed by atoms with van der Waals surface area (Å²) in [6.45, 7) is 15.1. The number of hydrogen-bond donors (Lipinski definition) is 1. The van der Waals surface area contributed by atoms with Crippen LogP contribution < -0.4 is 5.32 Å². The van der Waals surface area contributed by atoms with Gasteiger partial charge in [0.1, 0.15) is 0 Å². The molecule has 0 aromatic heterocycles. The van der Waals surface area contributed by atoms with E-state index < -0.39 is 0 Å². The predicted molar refractivity (Wildman–Crippen MR) is 177 cm³/mol. The molecule has 0 aromatic carbocycles. The molecule has 10 heteroatoms. The molecule has 2 amide bonds. The maximum atomic E-state index is 12.4. The summed E-state index contributed by atoms with van der Waals surface area (Å²) < 4.78 is 0. The van der Waals surface area contributed by atoms with Crippen LogP contribution >= 0.6 is 37.2 Å². The van der Waals surface area contributed by atoms with Crippen LogP contribution in [0.15, 0.2) is 6.58 Å². The summed E-state index contributed by atoms with van der Waals surface area (Å²) in [5, 5.41) is 3.20. The Morgan fingerprint density at radius 2 is 1.16 bits per heavy atom. The normalized spacial score (nSPS) is 22.8. The molecule has 37 heavy (non-hydrogen) atoms. The van der Waals surface area contributed by atoms with Crippen LogP contribution in [-0.2, 0) is 0 Å². The quantitative estimate of drug-likeness (QED) is 0.299. The summed E-state index contributed by atoms with van der Waals surface area (Å²) in [5.41, 5.74) is 0. The molecule has 3 heterocycles. The second kappa shape index (κ2) is 27.7. The molecule has 3 atom stereocenters. The first kappa shape index (κ1) is 45.5. The third-order valence-electron chi connectivity index (χ3n) is 6.68. The fourth-order valence-corrected chi connectivity index (χ4v) is 5.05. The molecule has 0 saturated carbocycles. The minimum Gasteiger partial charge on any atom is -0.507 e. The van der Waals surface area contributed by atoms with E-state index in [1.807, 2.05) is 30.9 Å². The van der Waals surface area contributed by atoms with Crippen molar-refractivity contribution in [3.63, 3.8) is 0 Å². The maximum Gasteiger partial charge on any atom is 0.319 e. The molecule has 3 aliphatic rings. The van der Waals surface area contributed by atoms with E-state index in [9.17, 15) is 4.79 Å². The molecule has 0 spiro atoms. The minimum atomic E-state index is 0. The van der Waals surface area contributed by atoms with E-state index in [2.05, 4.69) is 91.0 Å². The number of urea groups is 1. The number of hydrogen-bond acceptors (Lipinski definition) is 5. The van der Waals surface area contributed by atoms with E-state index in [1.165, 1.54) is 38.9 Å². The topological polar surface area (TPSA) is 45.3 Å². The van der Waals surface area contributed by atoms with Crippen molar-refractivity contribution in [3.05, 3.63) is 12.7 Å². The third-order valence-corrected chi connectivity index (χ3v) is 6.68. The van der Waals surface area contributed by atoms with Crippen molar-refractivity contribution < 1.29 is 40.4 Å². The van der Waals surface area contributed by atoms with Gasteiger partial charge in [0.2, 0.25) is 0 Å². The molecule has 7 nitrogen and oxygen atoms in total. The van der Waals surface area contributed by atoms with Gasteiger partial charge in [-0.3, -0.25) is 6.58 Å². The van der Waals surface area contributed by atoms with Gasteiger partial charge in [-0.05, 0) is 91.4 Å². The van der Waals surface area contributed by atoms with Gasteiger partial charge in [-0.15, -0.1) is 0 Å². The van der Waals surface area contributed by atoms with Crippen molar-refractivity contribution in [2.24, 2.45) is 17.8 Å². The molecule has 1 radical (unpaired) electrons. The molecule has 3 unspecified atom stereocenters. The average Bonchev–Trinajstić information content (AvgIpc) is 3.52. The Balaban J connectivity index is -0.000000271. The summed E-state index contributed by atoms with van der Waals surface area (Å²) in [4.78, 5) is 23.3. The van der Waals surface area contributed by atoms with Gasteiger partial charge in [-0.2, -0.15) is 6.92 Å². The maximum absolute atomic E-state index is 12.4. The molecule has 3 fully saturated rings. The van der Waals surface area contributed by atoms with Gasteiger partial charge in [-0.1, -0.05) is 14.9 Å². The summed E-state index contributed by atoms with van der Waals surface area (Å²) in [6.07, 6.45) is 6.30. The van der Waals surface area contributed by atoms with Gasteiger partial charge in [-0.25, -0.2) is 4.79 Å². The van der Waals surface area contributed by atoms with Crippen molar-refractivity contribution in [2.45, 2.75) is 41.0 Å². The molecule has 3 aliphatic heterocycles. The molecule has 1 N–H and O–H groups in total. The molecular weight excluding hydrogens is 817 g/mol. The van der Waals surface area contributed by atoms with E-state index in [0.29, 0.717) is 11.8 Å². The summed E-state index contributed by atoms with van der Waals surface area (Å²) in [6, 6.07) is 0.175. The third kappa shape index (κ3) is 21.0. The number of nitrogens with zero attached hydrogens (tertiary/aromatic N) is 5. The average molecular weight is 877 g/mol. The molecule has 0 aliphatic carbocycles. The monoisotopic (exact) mass is 876 g/mol. The van der Waals surface area contributed by atoms with Gasteiger partial charge in [0, 0.05) is 120 Å². The standard InChI is InChI=1S/C15H30N4O.C7H16N2.C3H5.2CH4.I2.La/c1-16-7-5-13(9-16)11-18(3)15(20)19(4)12-14-6-8-17(2)10-14;1-8-5-7-3-4-9(2)6-7;1-3-2;;;1-2;/h13-14H,5-12H2,1-4H3;7-8H,3-6H2,1-2H3;1H2,2H3;2*1H4;;/q;;-1;;;;. The number of rotatable bonds is 6. The van der Waals surface area contributed by atoms with Gasteiger partial charge < -0.3 is 35.9 Å². The van der Waals surface area contributed by atoms with E-state index in [4.69, 9.17) is 0 Å². The van der Waals surface area contributed by atoms with Crippen molar-refractivity contribution >= 4 is 43.3 Å². The molecule has 221 valence electrons. The first-order valence-electron chi connectivity index (χ1n) is 12.4. The van der Waals surface area contributed by atoms with Crippen molar-refractivity contribution in [3.8, 4) is 0 Å². The van der Waals surface area contributed by atoms with Gasteiger partial charge in [0.15, 0.2) is 0 Å². The predicted octanol–water partition coefficient (Wildman–Crippen LogP) is 5.07. The number of likely N-dealkylation sites (tertiary alicyclic amines) is 3. The number of carbonyl (C=O) groups is 1. The smallest absolute Gasteiger partial charge is 0.319 e. The van der Waals surface area contributed by atoms with Crippen LogP contribution in [0.2, 0.25) is 0 Å². The van der Waals surface area contributed by atoms with Crippen LogP contribution in [0.3, 0.4) is 0 Å². The van der Waals surface area contributed by atoms with E-state index in [1.54, 1.807) is 6.92 Å². The SMILES string of the molecule is C.C.C=[C-]C.CN1CCC(CN(C)C(=O)N(C)CC2CCN(C)C2)C1.CNCC1CCN(C)C1.II.[La]. The minimum absolute atomic E-state index is 0. The van der Waals surface area contributed by atoms with E-state index >= 15 is 0 Å². The van der Waals surface area contributed by atoms with E-state index in [0.717, 1.165) is 45.2 Å². The van der Waals surface area contributed by atoms with Crippen molar-refractivity contribution in [1.82, 2.24) is 29.8 Å². The molecule has 3 rings (SSSR count). The van der Waals surface area contributed by atoms with Crippen LogP contribution in [0.5, 0.6) is 0 Å². The van der Waals surface area contributed by atoms with Crippen LogP contribution in [0.4, 0.5) is 4.79 Å². The fourth-order valence-electron chi connectivity index (χ4n) is 5.05. The molecular formula is C27H59I2LaN6O-. The summed E-state index contributed by atoms with van der Waals surface area (Å²) >= 11 is 4.24. The first-order valence-corrected chi connectivity index (χ1v) is 18.7. The Labute approximate surface area is 283 Å². The summed E-state index contributed by atoms with van der Waals surface area (Å²) in [7, 11) is 12.4. The van der Waals surface area contributed by atoms with Crippen molar-refractivity contribution in [2.75, 3.05) is 101 Å². The van der Waals surface area contributed by atoms with Crippen LogP contribution in [0.1, 0.15) is 41.0 Å². The fraction of sp³-hybridized carbons (Fsp3) is 0.889. The Morgan fingerprint density at radius 3 is 1.41 bits per heavy atom. The second-order valence-electron chi connectivity index (χ2n) is 10.2. The Kier molecular flexibility index (Phi) is 34.0. The largest absolute Gasteiger partial charge is 0.507 e. The second-order valence-corrected chi connectivity index (χ2v) is 10.2. The van der Waals surface area contributed by atoms with Crippen LogP contribution in [0.25, 0.3) is 0 Å². The summed E-state index contributed by atoms with van der Waals surface area (Å²) in [5.74, 6) is 2.18. The van der Waals surface area contributed by atoms with Crippen LogP contribution in [-0.4, -0.2) is 132 Å². The molecule has 0 bridgehead atoms. The number of carbonyl (C=O) groups excluding carboxylic acids is 1. The Morgan fingerprint density at radius 1 is 0.865 bits per heavy atom. The van der Waals surface area contributed by atoms with Crippen LogP contribution in [0, 0.1) is 59.4 Å². The zero-order valence-corrected chi connectivity index (χ0v) is 31.3.